The van der Waals surface area contributed by atoms with Crippen LogP contribution in [0.25, 0.3) is 0 Å². The van der Waals surface area contributed by atoms with Crippen molar-refractivity contribution in [2.75, 3.05) is 19.8 Å². The number of carbonyl (C=O) groups is 1. The number of hydrogen-bond acceptors (Lipinski definition) is 5. The summed E-state index contributed by atoms with van der Waals surface area (Å²) < 4.78 is 10.4. The summed E-state index contributed by atoms with van der Waals surface area (Å²) in [6.45, 7) is 6.54. The Kier molecular flexibility index (Phi) is 6.27. The smallest absolute Gasteiger partial charge is 0.349 e. The van der Waals surface area contributed by atoms with Crippen LogP contribution in [0.1, 0.15) is 41.2 Å². The highest BCUT2D eigenvalue weighted by Crippen LogP contribution is 2.33. The summed E-state index contributed by atoms with van der Waals surface area (Å²) in [7, 11) is 0. The van der Waals surface area contributed by atoms with Gasteiger partial charge in [0.1, 0.15) is 18.5 Å². The Hall–Kier alpha value is -1.11. The Labute approximate surface area is 116 Å². The summed E-state index contributed by atoms with van der Waals surface area (Å²) in [6.07, 6.45) is -0.760. The lowest BCUT2D eigenvalue weighted by molar-refractivity contribution is 0.0162. The average Bonchev–Trinajstić information content (AvgIpc) is 2.78. The zero-order chi connectivity index (χ0) is 14.4. The zero-order valence-electron chi connectivity index (χ0n) is 11.4. The molecule has 1 rings (SSSR count). The maximum atomic E-state index is 11.1. The van der Waals surface area contributed by atoms with Gasteiger partial charge in [-0.15, -0.1) is 11.3 Å². The van der Waals surface area contributed by atoms with Gasteiger partial charge in [0.25, 0.3) is 0 Å². The fraction of sp³-hybridized carbons (Fsp3) is 0.615. The molecule has 0 aliphatic rings. The summed E-state index contributed by atoms with van der Waals surface area (Å²) in [5, 5.41) is 18.7. The van der Waals surface area contributed by atoms with Crippen LogP contribution in [0.4, 0.5) is 0 Å². The minimum absolute atomic E-state index is 0.0224. The van der Waals surface area contributed by atoms with E-state index in [-0.39, 0.29) is 24.0 Å². The van der Waals surface area contributed by atoms with Crippen LogP contribution < -0.4 is 4.74 Å². The molecule has 1 atom stereocenters. The third kappa shape index (κ3) is 4.81. The molecule has 1 aromatic heterocycles. The summed E-state index contributed by atoms with van der Waals surface area (Å²) >= 11 is 1.21. The van der Waals surface area contributed by atoms with Crippen molar-refractivity contribution in [2.24, 2.45) is 0 Å². The molecule has 0 radical (unpaired) electrons. The molecule has 0 amide bonds. The van der Waals surface area contributed by atoms with Gasteiger partial charge in [-0.2, -0.15) is 0 Å². The third-order valence-corrected chi connectivity index (χ3v) is 3.83. The molecule has 1 heterocycles. The van der Waals surface area contributed by atoms with Gasteiger partial charge in [-0.1, -0.05) is 13.8 Å². The van der Waals surface area contributed by atoms with Crippen molar-refractivity contribution in [3.05, 3.63) is 15.8 Å². The summed E-state index contributed by atoms with van der Waals surface area (Å²) in [6, 6.07) is 1.73. The van der Waals surface area contributed by atoms with Gasteiger partial charge in [-0.3, -0.25) is 0 Å². The number of aliphatic hydroxyl groups excluding tert-OH is 1. The fourth-order valence-corrected chi connectivity index (χ4v) is 2.36. The van der Waals surface area contributed by atoms with E-state index in [0.717, 1.165) is 4.88 Å². The van der Waals surface area contributed by atoms with E-state index in [4.69, 9.17) is 14.6 Å². The maximum Gasteiger partial charge on any atom is 0.349 e. The van der Waals surface area contributed by atoms with Crippen molar-refractivity contribution in [1.29, 1.82) is 0 Å². The largest absolute Gasteiger partial charge is 0.489 e. The van der Waals surface area contributed by atoms with Crippen molar-refractivity contribution in [3.63, 3.8) is 0 Å². The Bertz CT molecular complexity index is 413. The summed E-state index contributed by atoms with van der Waals surface area (Å²) in [5.74, 6) is -0.447. The molecular formula is C13H20O5S. The molecule has 6 heteroatoms. The van der Waals surface area contributed by atoms with Crippen LogP contribution in [-0.4, -0.2) is 42.1 Å². The van der Waals surface area contributed by atoms with Crippen molar-refractivity contribution in [1.82, 2.24) is 0 Å². The van der Waals surface area contributed by atoms with E-state index in [1.165, 1.54) is 11.3 Å². The van der Waals surface area contributed by atoms with Crippen molar-refractivity contribution in [3.8, 4) is 5.75 Å². The lowest BCUT2D eigenvalue weighted by Gasteiger charge is -2.11. The molecule has 5 nitrogen and oxygen atoms in total. The van der Waals surface area contributed by atoms with Crippen LogP contribution in [0.3, 0.4) is 0 Å². The molecule has 1 unspecified atom stereocenters. The quantitative estimate of drug-likeness (QED) is 0.768. The normalized spacial score (nSPS) is 12.7. The fourth-order valence-electron chi connectivity index (χ4n) is 1.42. The van der Waals surface area contributed by atoms with Gasteiger partial charge in [0, 0.05) is 11.5 Å². The Balaban J connectivity index is 2.68. The van der Waals surface area contributed by atoms with Gasteiger partial charge >= 0.3 is 5.97 Å². The first-order valence-electron chi connectivity index (χ1n) is 6.21. The molecule has 108 valence electrons. The number of aliphatic hydroxyl groups is 1. The lowest BCUT2D eigenvalue weighted by atomic mass is 10.2. The lowest BCUT2D eigenvalue weighted by Crippen LogP contribution is -2.23. The van der Waals surface area contributed by atoms with Gasteiger partial charge in [-0.05, 0) is 18.9 Å². The molecule has 0 fully saturated rings. The van der Waals surface area contributed by atoms with E-state index in [0.29, 0.717) is 12.4 Å². The zero-order valence-corrected chi connectivity index (χ0v) is 12.2. The van der Waals surface area contributed by atoms with Gasteiger partial charge < -0.3 is 19.7 Å². The molecule has 0 saturated carbocycles. The van der Waals surface area contributed by atoms with Gasteiger partial charge in [-0.25, -0.2) is 4.79 Å². The molecule has 1 aromatic rings. The van der Waals surface area contributed by atoms with Crippen molar-refractivity contribution in [2.45, 2.75) is 32.8 Å². The first-order valence-corrected chi connectivity index (χ1v) is 7.03. The van der Waals surface area contributed by atoms with E-state index in [1.54, 1.807) is 6.07 Å². The molecule has 19 heavy (non-hydrogen) atoms. The minimum atomic E-state index is -1.01. The molecule has 2 N–H and O–H groups in total. The minimum Gasteiger partial charge on any atom is -0.489 e. The van der Waals surface area contributed by atoms with Crippen LogP contribution in [0.15, 0.2) is 6.07 Å². The van der Waals surface area contributed by atoms with Gasteiger partial charge in [0.05, 0.1) is 6.61 Å². The second-order valence-electron chi connectivity index (χ2n) is 4.43. The number of carboxylic acids is 1. The van der Waals surface area contributed by atoms with E-state index in [2.05, 4.69) is 0 Å². The van der Waals surface area contributed by atoms with Crippen molar-refractivity contribution >= 4 is 17.3 Å². The van der Waals surface area contributed by atoms with Crippen molar-refractivity contribution < 1.29 is 24.5 Å². The predicted octanol–water partition coefficient (Wildman–Crippen LogP) is 2.35. The molecule has 0 saturated heterocycles. The molecular weight excluding hydrogens is 268 g/mol. The number of hydrogen-bond donors (Lipinski definition) is 2. The second-order valence-corrected chi connectivity index (χ2v) is 5.51. The van der Waals surface area contributed by atoms with E-state index < -0.39 is 12.1 Å². The van der Waals surface area contributed by atoms with Crippen LogP contribution in [-0.2, 0) is 4.74 Å². The topological polar surface area (TPSA) is 76.0 Å². The Morgan fingerprint density at radius 3 is 2.63 bits per heavy atom. The Morgan fingerprint density at radius 2 is 2.11 bits per heavy atom. The summed E-state index contributed by atoms with van der Waals surface area (Å²) in [4.78, 5) is 12.2. The standard InChI is InChI=1S/C13H20O5S/c1-4-17-6-9(14)7-18-10-5-11(8(2)3)19-12(10)13(15)16/h5,8-9,14H,4,6-7H2,1-3H3,(H,15,16). The monoisotopic (exact) mass is 288 g/mol. The molecule has 0 spiro atoms. The van der Waals surface area contributed by atoms with E-state index in [9.17, 15) is 9.90 Å². The number of rotatable bonds is 8. The van der Waals surface area contributed by atoms with Crippen LogP contribution in [0, 0.1) is 0 Å². The van der Waals surface area contributed by atoms with E-state index in [1.807, 2.05) is 20.8 Å². The first kappa shape index (κ1) is 15.9. The first-order chi connectivity index (χ1) is 8.95. The molecule has 0 aromatic carbocycles. The number of carboxylic acid groups (broad SMARTS) is 1. The summed E-state index contributed by atoms with van der Waals surface area (Å²) in [5.41, 5.74) is 0. The molecule has 0 aliphatic carbocycles. The van der Waals surface area contributed by atoms with Crippen LogP contribution >= 0.6 is 11.3 Å². The third-order valence-electron chi connectivity index (χ3n) is 2.43. The highest BCUT2D eigenvalue weighted by molar-refractivity contribution is 7.14. The predicted molar refractivity (Wildman–Crippen MR) is 73.4 cm³/mol. The highest BCUT2D eigenvalue weighted by Gasteiger charge is 2.19. The van der Waals surface area contributed by atoms with Crippen LogP contribution in [0.2, 0.25) is 0 Å². The van der Waals surface area contributed by atoms with E-state index >= 15 is 0 Å². The Morgan fingerprint density at radius 1 is 1.42 bits per heavy atom. The maximum absolute atomic E-state index is 11.1. The average molecular weight is 288 g/mol. The van der Waals surface area contributed by atoms with Gasteiger partial charge in [0.15, 0.2) is 4.88 Å². The number of aromatic carboxylic acids is 1. The number of thiophene rings is 1. The second kappa shape index (κ2) is 7.47. The highest BCUT2D eigenvalue weighted by atomic mass is 32.1. The molecule has 0 bridgehead atoms. The van der Waals surface area contributed by atoms with Crippen LogP contribution in [0.5, 0.6) is 5.75 Å². The SMILES string of the molecule is CCOCC(O)COc1cc(C(C)C)sc1C(=O)O. The molecule has 0 aliphatic heterocycles. The van der Waals surface area contributed by atoms with Gasteiger partial charge in [0.2, 0.25) is 0 Å². The number of ether oxygens (including phenoxy) is 2.